The first-order valence-electron chi connectivity index (χ1n) is 6.06. The van der Waals surface area contributed by atoms with Crippen molar-refractivity contribution in [1.29, 1.82) is 0 Å². The van der Waals surface area contributed by atoms with Gasteiger partial charge in [0.25, 0.3) is 0 Å². The monoisotopic (exact) mass is 279 g/mol. The van der Waals surface area contributed by atoms with Crippen LogP contribution in [-0.4, -0.2) is 21.3 Å². The van der Waals surface area contributed by atoms with Crippen LogP contribution in [0.3, 0.4) is 0 Å². The lowest BCUT2D eigenvalue weighted by Crippen LogP contribution is -2.11. The molecule has 1 aromatic carbocycles. The molecule has 106 valence electrons. The van der Waals surface area contributed by atoms with E-state index in [0.29, 0.717) is 30.3 Å². The number of hydrogen-bond donors (Lipinski definition) is 0. The molecule has 2 rings (SSSR count). The van der Waals surface area contributed by atoms with Gasteiger partial charge in [0.1, 0.15) is 29.6 Å². The van der Waals surface area contributed by atoms with E-state index in [9.17, 15) is 14.5 Å². The molecule has 2 aromatic rings. The number of ether oxygens (including phenoxy) is 1. The van der Waals surface area contributed by atoms with Crippen LogP contribution in [0, 0.1) is 29.8 Å². The smallest absolute Gasteiger partial charge is 0.312 e. The topological polar surface area (TPSA) is 70.2 Å². The van der Waals surface area contributed by atoms with Gasteiger partial charge in [-0.15, -0.1) is 0 Å². The molecule has 0 saturated heterocycles. The lowest BCUT2D eigenvalue weighted by atomic mass is 10.3. The minimum atomic E-state index is -0.436. The number of nitro groups is 1. The van der Waals surface area contributed by atoms with Crippen molar-refractivity contribution < 1.29 is 14.1 Å². The number of nitrogens with zero attached hydrogens (tertiary/aromatic N) is 3. The minimum absolute atomic E-state index is 0.0341. The van der Waals surface area contributed by atoms with Gasteiger partial charge in [0.15, 0.2) is 0 Å². The molecule has 0 bridgehead atoms. The van der Waals surface area contributed by atoms with Gasteiger partial charge in [-0.1, -0.05) is 0 Å². The zero-order valence-corrected chi connectivity index (χ0v) is 11.2. The molecule has 0 aliphatic rings. The van der Waals surface area contributed by atoms with Crippen molar-refractivity contribution in [2.24, 2.45) is 0 Å². The van der Waals surface area contributed by atoms with Crippen LogP contribution in [0.15, 0.2) is 24.3 Å². The summed E-state index contributed by atoms with van der Waals surface area (Å²) < 4.78 is 19.7. The lowest BCUT2D eigenvalue weighted by Gasteiger charge is -2.07. The van der Waals surface area contributed by atoms with E-state index in [-0.39, 0.29) is 11.5 Å². The van der Waals surface area contributed by atoms with E-state index in [0.717, 1.165) is 0 Å². The highest BCUT2D eigenvalue weighted by molar-refractivity contribution is 5.39. The maximum absolute atomic E-state index is 12.7. The average Bonchev–Trinajstić information content (AvgIpc) is 2.67. The zero-order chi connectivity index (χ0) is 14.7. The fraction of sp³-hybridized carbons (Fsp3) is 0.308. The molecule has 0 aliphatic heterocycles. The Morgan fingerprint density at radius 2 is 2.00 bits per heavy atom. The van der Waals surface area contributed by atoms with Crippen LogP contribution in [0.25, 0.3) is 0 Å². The summed E-state index contributed by atoms with van der Waals surface area (Å²) in [5.74, 6) is 0.217. The molecule has 0 N–H and O–H groups in total. The number of hydrogen-bond acceptors (Lipinski definition) is 4. The molecule has 0 amide bonds. The van der Waals surface area contributed by atoms with E-state index in [2.05, 4.69) is 5.10 Å². The third-order valence-electron chi connectivity index (χ3n) is 2.91. The third-order valence-corrected chi connectivity index (χ3v) is 2.91. The molecule has 0 fully saturated rings. The fourth-order valence-corrected chi connectivity index (χ4v) is 1.95. The van der Waals surface area contributed by atoms with Crippen LogP contribution in [-0.2, 0) is 6.54 Å². The van der Waals surface area contributed by atoms with Gasteiger partial charge < -0.3 is 4.74 Å². The van der Waals surface area contributed by atoms with Crippen molar-refractivity contribution in [3.8, 4) is 5.75 Å². The highest BCUT2D eigenvalue weighted by Crippen LogP contribution is 2.21. The fourth-order valence-electron chi connectivity index (χ4n) is 1.95. The Labute approximate surface area is 114 Å². The Hall–Kier alpha value is -2.44. The molecule has 1 heterocycles. The Morgan fingerprint density at radius 3 is 2.55 bits per heavy atom. The van der Waals surface area contributed by atoms with Gasteiger partial charge in [0.2, 0.25) is 0 Å². The molecule has 0 saturated carbocycles. The van der Waals surface area contributed by atoms with Crippen LogP contribution < -0.4 is 4.74 Å². The Balaban J connectivity index is 1.99. The molecule has 0 spiro atoms. The molecule has 6 nitrogen and oxygen atoms in total. The van der Waals surface area contributed by atoms with Crippen LogP contribution in [0.2, 0.25) is 0 Å². The highest BCUT2D eigenvalue weighted by Gasteiger charge is 2.21. The van der Waals surface area contributed by atoms with Crippen molar-refractivity contribution in [1.82, 2.24) is 9.78 Å². The molecule has 0 unspecified atom stereocenters. The SMILES string of the molecule is Cc1nn(CCOc2ccc(F)cc2)c(C)c1[N+](=O)[O-]. The van der Waals surface area contributed by atoms with Crippen LogP contribution in [0.4, 0.5) is 10.1 Å². The summed E-state index contributed by atoms with van der Waals surface area (Å²) in [7, 11) is 0. The number of benzene rings is 1. The second-order valence-electron chi connectivity index (χ2n) is 4.30. The predicted octanol–water partition coefficient (Wildman–Crippen LogP) is 2.63. The Bertz CT molecular complexity index is 623. The number of rotatable bonds is 5. The average molecular weight is 279 g/mol. The second-order valence-corrected chi connectivity index (χ2v) is 4.30. The van der Waals surface area contributed by atoms with Crippen molar-refractivity contribution in [3.05, 3.63) is 51.6 Å². The molecular weight excluding hydrogens is 265 g/mol. The molecule has 0 aliphatic carbocycles. The normalized spacial score (nSPS) is 10.6. The summed E-state index contributed by atoms with van der Waals surface area (Å²) in [4.78, 5) is 10.4. The van der Waals surface area contributed by atoms with Gasteiger partial charge in [0, 0.05) is 0 Å². The predicted molar refractivity (Wildman–Crippen MR) is 70.3 cm³/mol. The van der Waals surface area contributed by atoms with Gasteiger partial charge >= 0.3 is 5.69 Å². The first kappa shape index (κ1) is 14.0. The lowest BCUT2D eigenvalue weighted by molar-refractivity contribution is -0.386. The van der Waals surface area contributed by atoms with Crippen molar-refractivity contribution in [2.45, 2.75) is 20.4 Å². The standard InChI is InChI=1S/C13H14FN3O3/c1-9-13(17(18)19)10(2)16(15-9)7-8-20-12-5-3-11(14)4-6-12/h3-6H,7-8H2,1-2H3. The maximum atomic E-state index is 12.7. The Morgan fingerprint density at radius 1 is 1.35 bits per heavy atom. The summed E-state index contributed by atoms with van der Waals surface area (Å²) in [6.45, 7) is 3.93. The van der Waals surface area contributed by atoms with Crippen LogP contribution in [0.1, 0.15) is 11.4 Å². The maximum Gasteiger partial charge on any atom is 0.312 e. The van der Waals surface area contributed by atoms with Gasteiger partial charge in [-0.05, 0) is 38.1 Å². The number of aryl methyl sites for hydroxylation is 1. The zero-order valence-electron chi connectivity index (χ0n) is 11.2. The van der Waals surface area contributed by atoms with Crippen molar-refractivity contribution in [2.75, 3.05) is 6.61 Å². The van der Waals surface area contributed by atoms with Crippen LogP contribution >= 0.6 is 0 Å². The molecule has 0 radical (unpaired) electrons. The molecule has 20 heavy (non-hydrogen) atoms. The summed E-state index contributed by atoms with van der Waals surface area (Å²) in [6, 6.07) is 5.67. The Kier molecular flexibility index (Phi) is 3.97. The summed E-state index contributed by atoms with van der Waals surface area (Å²) in [5.41, 5.74) is 0.913. The molecule has 0 atom stereocenters. The van der Waals surface area contributed by atoms with Gasteiger partial charge in [-0.3, -0.25) is 14.8 Å². The molecule has 7 heteroatoms. The van der Waals surface area contributed by atoms with Crippen LogP contribution in [0.5, 0.6) is 5.75 Å². The first-order valence-corrected chi connectivity index (χ1v) is 6.06. The molecule has 1 aromatic heterocycles. The van der Waals surface area contributed by atoms with E-state index in [1.165, 1.54) is 28.9 Å². The van der Waals surface area contributed by atoms with E-state index < -0.39 is 4.92 Å². The first-order chi connectivity index (χ1) is 9.49. The molecular formula is C13H14FN3O3. The third kappa shape index (κ3) is 2.93. The van der Waals surface area contributed by atoms with Gasteiger partial charge in [-0.2, -0.15) is 5.10 Å². The van der Waals surface area contributed by atoms with Gasteiger partial charge in [-0.25, -0.2) is 4.39 Å². The largest absolute Gasteiger partial charge is 0.492 e. The van der Waals surface area contributed by atoms with E-state index in [4.69, 9.17) is 4.74 Å². The second kappa shape index (κ2) is 5.68. The summed E-state index contributed by atoms with van der Waals surface area (Å²) >= 11 is 0. The van der Waals surface area contributed by atoms with E-state index in [1.54, 1.807) is 13.8 Å². The van der Waals surface area contributed by atoms with E-state index in [1.807, 2.05) is 0 Å². The number of halogens is 1. The van der Waals surface area contributed by atoms with Crippen molar-refractivity contribution in [3.63, 3.8) is 0 Å². The van der Waals surface area contributed by atoms with Gasteiger partial charge in [0.05, 0.1) is 11.5 Å². The summed E-state index contributed by atoms with van der Waals surface area (Å²) in [5, 5.41) is 15.0. The highest BCUT2D eigenvalue weighted by atomic mass is 19.1. The van der Waals surface area contributed by atoms with E-state index >= 15 is 0 Å². The van der Waals surface area contributed by atoms with Crippen molar-refractivity contribution >= 4 is 5.69 Å². The quantitative estimate of drug-likeness (QED) is 0.623. The summed E-state index contributed by atoms with van der Waals surface area (Å²) in [6.07, 6.45) is 0. The number of aromatic nitrogens is 2. The minimum Gasteiger partial charge on any atom is -0.492 e.